The zero-order valence-corrected chi connectivity index (χ0v) is 12.3. The van der Waals surface area contributed by atoms with Gasteiger partial charge in [0.1, 0.15) is 0 Å². The maximum absolute atomic E-state index is 4.46. The van der Waals surface area contributed by atoms with Crippen LogP contribution in [-0.4, -0.2) is 52.4 Å². The maximum Gasteiger partial charge on any atom is 0.0666 e. The first-order chi connectivity index (χ1) is 8.79. The lowest BCUT2D eigenvalue weighted by atomic mass is 10.2. The van der Waals surface area contributed by atoms with Gasteiger partial charge in [0, 0.05) is 63.0 Å². The molecule has 1 aliphatic rings. The van der Waals surface area contributed by atoms with Crippen molar-refractivity contribution in [3.05, 3.63) is 17.5 Å². The van der Waals surface area contributed by atoms with Crippen LogP contribution >= 0.6 is 11.8 Å². The molecule has 1 fully saturated rings. The Balaban J connectivity index is 1.68. The lowest BCUT2D eigenvalue weighted by Crippen LogP contribution is -2.37. The molecular formula is C13H24N4S. The molecule has 1 saturated heterocycles. The van der Waals surface area contributed by atoms with Crippen molar-refractivity contribution < 1.29 is 0 Å². The van der Waals surface area contributed by atoms with Crippen LogP contribution in [0.1, 0.15) is 18.2 Å². The fourth-order valence-electron chi connectivity index (χ4n) is 2.31. The van der Waals surface area contributed by atoms with E-state index in [1.165, 1.54) is 42.4 Å². The van der Waals surface area contributed by atoms with E-state index in [9.17, 15) is 0 Å². The Morgan fingerprint density at radius 1 is 1.39 bits per heavy atom. The van der Waals surface area contributed by atoms with E-state index >= 15 is 0 Å². The third kappa shape index (κ3) is 4.00. The van der Waals surface area contributed by atoms with Crippen molar-refractivity contribution in [3.8, 4) is 0 Å². The highest BCUT2D eigenvalue weighted by molar-refractivity contribution is 7.99. The highest BCUT2D eigenvalue weighted by Gasteiger charge is 2.09. The molecule has 0 aliphatic carbocycles. The Bertz CT molecular complexity index is 358. The van der Waals surface area contributed by atoms with Gasteiger partial charge in [-0.3, -0.25) is 4.68 Å². The van der Waals surface area contributed by atoms with Crippen molar-refractivity contribution in [2.75, 3.05) is 37.7 Å². The van der Waals surface area contributed by atoms with Crippen molar-refractivity contribution in [1.29, 1.82) is 0 Å². The number of nitrogens with one attached hydrogen (secondary N) is 1. The molecule has 0 spiro atoms. The molecule has 2 heterocycles. The van der Waals surface area contributed by atoms with Crippen LogP contribution in [0.2, 0.25) is 0 Å². The van der Waals surface area contributed by atoms with Crippen molar-refractivity contribution in [2.45, 2.75) is 19.9 Å². The van der Waals surface area contributed by atoms with E-state index in [1.807, 2.05) is 11.7 Å². The molecule has 0 unspecified atom stereocenters. The van der Waals surface area contributed by atoms with E-state index in [2.05, 4.69) is 40.2 Å². The van der Waals surface area contributed by atoms with Crippen molar-refractivity contribution in [3.63, 3.8) is 0 Å². The second-order valence-corrected chi connectivity index (χ2v) is 5.98. The summed E-state index contributed by atoms with van der Waals surface area (Å²) in [4.78, 5) is 2.55. The molecule has 1 N–H and O–H groups in total. The average Bonchev–Trinajstić information content (AvgIpc) is 2.76. The third-order valence-electron chi connectivity index (χ3n) is 3.35. The molecule has 1 aliphatic heterocycles. The molecule has 18 heavy (non-hydrogen) atoms. The van der Waals surface area contributed by atoms with E-state index < -0.39 is 0 Å². The van der Waals surface area contributed by atoms with Gasteiger partial charge in [-0.15, -0.1) is 0 Å². The zero-order valence-electron chi connectivity index (χ0n) is 11.5. The number of aryl methyl sites for hydroxylation is 2. The molecule has 4 nitrogen and oxygen atoms in total. The summed E-state index contributed by atoms with van der Waals surface area (Å²) in [7, 11) is 1.99. The van der Waals surface area contributed by atoms with Gasteiger partial charge in [-0.25, -0.2) is 0 Å². The summed E-state index contributed by atoms with van der Waals surface area (Å²) in [5, 5.41) is 8.00. The van der Waals surface area contributed by atoms with E-state index in [1.54, 1.807) is 0 Å². The molecular weight excluding hydrogens is 244 g/mol. The second kappa shape index (κ2) is 7.16. The molecule has 2 rings (SSSR count). The fraction of sp³-hybridized carbons (Fsp3) is 0.769. The summed E-state index contributed by atoms with van der Waals surface area (Å²) in [6, 6.07) is 0. The predicted molar refractivity (Wildman–Crippen MR) is 78.1 cm³/mol. The zero-order chi connectivity index (χ0) is 12.8. The van der Waals surface area contributed by atoms with Crippen LogP contribution in [0.3, 0.4) is 0 Å². The molecule has 0 saturated carbocycles. The SMILES string of the molecule is CCc1nn(C)cc1CNCCN1CCSCC1. The van der Waals surface area contributed by atoms with Crippen molar-refractivity contribution >= 4 is 11.8 Å². The van der Waals surface area contributed by atoms with E-state index in [0.29, 0.717) is 0 Å². The predicted octanol–water partition coefficient (Wildman–Crippen LogP) is 1.12. The average molecular weight is 268 g/mol. The molecule has 5 heteroatoms. The first kappa shape index (κ1) is 13.9. The normalized spacial score (nSPS) is 17.2. The van der Waals surface area contributed by atoms with Gasteiger partial charge in [0.15, 0.2) is 0 Å². The van der Waals surface area contributed by atoms with Crippen molar-refractivity contribution in [1.82, 2.24) is 20.0 Å². The number of aromatic nitrogens is 2. The van der Waals surface area contributed by atoms with Crippen molar-refractivity contribution in [2.24, 2.45) is 7.05 Å². The van der Waals surface area contributed by atoms with Crippen LogP contribution < -0.4 is 5.32 Å². The number of rotatable bonds is 6. The number of hydrogen-bond acceptors (Lipinski definition) is 4. The van der Waals surface area contributed by atoms with E-state index in [0.717, 1.165) is 19.5 Å². The van der Waals surface area contributed by atoms with Crippen LogP contribution in [0.25, 0.3) is 0 Å². The van der Waals surface area contributed by atoms with Gasteiger partial charge in [-0.05, 0) is 6.42 Å². The van der Waals surface area contributed by atoms with Gasteiger partial charge in [-0.2, -0.15) is 16.9 Å². The summed E-state index contributed by atoms with van der Waals surface area (Å²) in [6.45, 7) is 7.85. The van der Waals surface area contributed by atoms with Gasteiger partial charge in [0.05, 0.1) is 5.69 Å². The Labute approximate surface area is 114 Å². The van der Waals surface area contributed by atoms with Crippen LogP contribution in [0.15, 0.2) is 6.20 Å². The maximum atomic E-state index is 4.46. The molecule has 102 valence electrons. The monoisotopic (exact) mass is 268 g/mol. The molecule has 0 amide bonds. The van der Waals surface area contributed by atoms with Gasteiger partial charge >= 0.3 is 0 Å². The highest BCUT2D eigenvalue weighted by Crippen LogP contribution is 2.08. The summed E-state index contributed by atoms with van der Waals surface area (Å²) >= 11 is 2.07. The first-order valence-electron chi connectivity index (χ1n) is 6.82. The van der Waals surface area contributed by atoms with Crippen LogP contribution in [0.4, 0.5) is 0 Å². The molecule has 0 radical (unpaired) electrons. The van der Waals surface area contributed by atoms with Gasteiger partial charge in [-0.1, -0.05) is 6.92 Å². The Kier molecular flexibility index (Phi) is 5.53. The standard InChI is InChI=1S/C13H24N4S/c1-3-13-12(11-16(2)15-13)10-14-4-5-17-6-8-18-9-7-17/h11,14H,3-10H2,1-2H3. The second-order valence-electron chi connectivity index (χ2n) is 4.76. The minimum atomic E-state index is 0.944. The van der Waals surface area contributed by atoms with Crippen LogP contribution in [0, 0.1) is 0 Å². The summed E-state index contributed by atoms with van der Waals surface area (Å²) in [6.07, 6.45) is 3.14. The summed E-state index contributed by atoms with van der Waals surface area (Å²) in [5.74, 6) is 2.59. The Morgan fingerprint density at radius 3 is 2.89 bits per heavy atom. The minimum Gasteiger partial charge on any atom is -0.311 e. The first-order valence-corrected chi connectivity index (χ1v) is 7.97. The van der Waals surface area contributed by atoms with Gasteiger partial charge < -0.3 is 10.2 Å². The number of hydrogen-bond donors (Lipinski definition) is 1. The van der Waals surface area contributed by atoms with Gasteiger partial charge in [0.25, 0.3) is 0 Å². The Hall–Kier alpha value is -0.520. The number of thioether (sulfide) groups is 1. The van der Waals surface area contributed by atoms with E-state index in [4.69, 9.17) is 0 Å². The summed E-state index contributed by atoms with van der Waals surface area (Å²) in [5.41, 5.74) is 2.56. The Morgan fingerprint density at radius 2 is 2.17 bits per heavy atom. The lowest BCUT2D eigenvalue weighted by molar-refractivity contribution is 0.301. The summed E-state index contributed by atoms with van der Waals surface area (Å²) < 4.78 is 1.91. The van der Waals surface area contributed by atoms with E-state index in [-0.39, 0.29) is 0 Å². The molecule has 0 atom stereocenters. The highest BCUT2D eigenvalue weighted by atomic mass is 32.2. The lowest BCUT2D eigenvalue weighted by Gasteiger charge is -2.26. The van der Waals surface area contributed by atoms with Crippen LogP contribution in [0.5, 0.6) is 0 Å². The molecule has 1 aromatic rings. The smallest absolute Gasteiger partial charge is 0.0666 e. The fourth-order valence-corrected chi connectivity index (χ4v) is 3.29. The molecule has 0 aromatic carbocycles. The third-order valence-corrected chi connectivity index (χ3v) is 4.29. The number of nitrogens with zero attached hydrogens (tertiary/aromatic N) is 3. The van der Waals surface area contributed by atoms with Gasteiger partial charge in [0.2, 0.25) is 0 Å². The topological polar surface area (TPSA) is 33.1 Å². The minimum absolute atomic E-state index is 0.944. The molecule has 1 aromatic heterocycles. The van der Waals surface area contributed by atoms with Crippen LogP contribution in [-0.2, 0) is 20.0 Å². The molecule has 0 bridgehead atoms. The quantitative estimate of drug-likeness (QED) is 0.784. The largest absolute Gasteiger partial charge is 0.311 e.